The Balaban J connectivity index is 2.37. The van der Waals surface area contributed by atoms with Gasteiger partial charge in [-0.1, -0.05) is 6.07 Å². The summed E-state index contributed by atoms with van der Waals surface area (Å²) >= 11 is 1.76. The van der Waals surface area contributed by atoms with E-state index >= 15 is 0 Å². The highest BCUT2D eigenvalue weighted by Gasteiger charge is 2.19. The Morgan fingerprint density at radius 3 is 2.72 bits per heavy atom. The molecule has 0 saturated heterocycles. The molecule has 1 atom stereocenters. The summed E-state index contributed by atoms with van der Waals surface area (Å²) in [6.07, 6.45) is 0.946. The van der Waals surface area contributed by atoms with Crippen LogP contribution in [-0.4, -0.2) is 4.57 Å². The topological polar surface area (TPSA) is 54.7 Å². The van der Waals surface area contributed by atoms with Crippen LogP contribution in [0.25, 0.3) is 0 Å². The van der Waals surface area contributed by atoms with Crippen molar-refractivity contribution in [2.24, 2.45) is 0 Å². The van der Waals surface area contributed by atoms with Crippen LogP contribution >= 0.6 is 11.3 Å². The second-order valence-corrected chi connectivity index (χ2v) is 5.62. The molecule has 0 bridgehead atoms. The molecule has 2 heterocycles. The minimum absolute atomic E-state index is 0.268. The summed E-state index contributed by atoms with van der Waals surface area (Å²) < 4.78 is 2.08. The van der Waals surface area contributed by atoms with Crippen LogP contribution < -0.4 is 5.73 Å². The van der Waals surface area contributed by atoms with Crippen LogP contribution in [0.5, 0.6) is 0 Å². The second kappa shape index (κ2) is 4.87. The maximum absolute atomic E-state index is 9.13. The number of nitrogens with two attached hydrogens (primary N) is 1. The van der Waals surface area contributed by atoms with Crippen molar-refractivity contribution in [1.29, 1.82) is 5.26 Å². The van der Waals surface area contributed by atoms with Gasteiger partial charge >= 0.3 is 0 Å². The molecule has 2 aromatic heterocycles. The van der Waals surface area contributed by atoms with E-state index in [9.17, 15) is 0 Å². The highest BCUT2D eigenvalue weighted by molar-refractivity contribution is 7.09. The van der Waals surface area contributed by atoms with Crippen LogP contribution in [0.2, 0.25) is 0 Å². The Bertz CT molecular complexity index is 588. The molecule has 0 fully saturated rings. The lowest BCUT2D eigenvalue weighted by Crippen LogP contribution is -2.12. The molecule has 0 aliphatic heterocycles. The standard InChI is InChI=1S/C14H17N3S/c1-9(7-12-5-4-6-18-12)17-11(3)10(2)13(8-15)14(17)16/h4-6,9H,7,16H2,1-3H3. The van der Waals surface area contributed by atoms with Crippen LogP contribution in [0.3, 0.4) is 0 Å². The highest BCUT2D eigenvalue weighted by Crippen LogP contribution is 2.29. The average Bonchev–Trinajstić information content (AvgIpc) is 2.88. The van der Waals surface area contributed by atoms with Gasteiger partial charge in [-0.2, -0.15) is 5.26 Å². The minimum Gasteiger partial charge on any atom is -0.384 e. The lowest BCUT2D eigenvalue weighted by molar-refractivity contribution is 0.545. The van der Waals surface area contributed by atoms with Crippen molar-refractivity contribution in [3.63, 3.8) is 0 Å². The molecule has 4 heteroatoms. The molecule has 94 valence electrons. The van der Waals surface area contributed by atoms with E-state index in [1.54, 1.807) is 11.3 Å². The summed E-state index contributed by atoms with van der Waals surface area (Å²) in [5, 5.41) is 11.2. The maximum Gasteiger partial charge on any atom is 0.122 e. The Morgan fingerprint density at radius 1 is 1.50 bits per heavy atom. The number of rotatable bonds is 3. The van der Waals surface area contributed by atoms with E-state index in [2.05, 4.69) is 35.1 Å². The predicted octanol–water partition coefficient (Wildman–Crippen LogP) is 3.42. The first-order chi connectivity index (χ1) is 8.56. The molecule has 0 aromatic carbocycles. The number of nitrogen functional groups attached to an aromatic ring is 1. The maximum atomic E-state index is 9.13. The van der Waals surface area contributed by atoms with Gasteiger partial charge in [0.1, 0.15) is 11.9 Å². The summed E-state index contributed by atoms with van der Waals surface area (Å²) in [5.74, 6) is 0.594. The Hall–Kier alpha value is -1.73. The van der Waals surface area contributed by atoms with Gasteiger partial charge in [-0.05, 0) is 37.8 Å². The van der Waals surface area contributed by atoms with Crippen molar-refractivity contribution in [3.05, 3.63) is 39.2 Å². The van der Waals surface area contributed by atoms with Crippen LogP contribution in [0, 0.1) is 25.2 Å². The van der Waals surface area contributed by atoms with Crippen molar-refractivity contribution in [1.82, 2.24) is 4.57 Å². The van der Waals surface area contributed by atoms with E-state index in [1.165, 1.54) is 4.88 Å². The molecule has 0 amide bonds. The molecular weight excluding hydrogens is 242 g/mol. The number of hydrogen-bond acceptors (Lipinski definition) is 3. The summed E-state index contributed by atoms with van der Waals surface area (Å²) in [7, 11) is 0. The first-order valence-corrected chi connectivity index (χ1v) is 6.83. The van der Waals surface area contributed by atoms with Crippen molar-refractivity contribution in [2.75, 3.05) is 5.73 Å². The van der Waals surface area contributed by atoms with E-state index in [1.807, 2.05) is 13.8 Å². The first-order valence-electron chi connectivity index (χ1n) is 5.95. The van der Waals surface area contributed by atoms with E-state index in [4.69, 9.17) is 11.0 Å². The van der Waals surface area contributed by atoms with Gasteiger partial charge in [-0.25, -0.2) is 0 Å². The molecule has 0 radical (unpaired) electrons. The van der Waals surface area contributed by atoms with Gasteiger partial charge < -0.3 is 10.3 Å². The van der Waals surface area contributed by atoms with Crippen molar-refractivity contribution in [3.8, 4) is 6.07 Å². The van der Waals surface area contributed by atoms with Gasteiger partial charge in [0.25, 0.3) is 0 Å². The van der Waals surface area contributed by atoms with Crippen molar-refractivity contribution in [2.45, 2.75) is 33.2 Å². The fourth-order valence-corrected chi connectivity index (χ4v) is 3.20. The van der Waals surface area contributed by atoms with Crippen LogP contribution in [-0.2, 0) is 6.42 Å². The van der Waals surface area contributed by atoms with Gasteiger partial charge in [0, 0.05) is 23.0 Å². The van der Waals surface area contributed by atoms with Crippen LogP contribution in [0.15, 0.2) is 17.5 Å². The summed E-state index contributed by atoms with van der Waals surface area (Å²) in [5.41, 5.74) is 8.79. The van der Waals surface area contributed by atoms with Gasteiger partial charge in [0.2, 0.25) is 0 Å². The molecule has 2 aromatic rings. The fraction of sp³-hybridized carbons (Fsp3) is 0.357. The van der Waals surface area contributed by atoms with Crippen LogP contribution in [0.4, 0.5) is 5.82 Å². The van der Waals surface area contributed by atoms with Crippen molar-refractivity contribution >= 4 is 17.2 Å². The van der Waals surface area contributed by atoms with Crippen molar-refractivity contribution < 1.29 is 0 Å². The molecule has 0 aliphatic carbocycles. The number of anilines is 1. The Morgan fingerprint density at radius 2 is 2.22 bits per heavy atom. The third kappa shape index (κ3) is 2.02. The normalized spacial score (nSPS) is 12.3. The molecule has 2 N–H and O–H groups in total. The van der Waals surface area contributed by atoms with E-state index in [0.717, 1.165) is 17.7 Å². The van der Waals surface area contributed by atoms with E-state index in [-0.39, 0.29) is 6.04 Å². The molecule has 1 unspecified atom stereocenters. The van der Waals surface area contributed by atoms with Gasteiger partial charge in [0.05, 0.1) is 5.56 Å². The SMILES string of the molecule is Cc1c(C#N)c(N)n(C(C)Cc2cccs2)c1C. The highest BCUT2D eigenvalue weighted by atomic mass is 32.1. The lowest BCUT2D eigenvalue weighted by atomic mass is 10.2. The molecule has 0 saturated carbocycles. The van der Waals surface area contributed by atoms with E-state index < -0.39 is 0 Å². The Labute approximate surface area is 111 Å². The van der Waals surface area contributed by atoms with Gasteiger partial charge in [-0.15, -0.1) is 11.3 Å². The quantitative estimate of drug-likeness (QED) is 0.918. The number of thiophene rings is 1. The smallest absolute Gasteiger partial charge is 0.122 e. The molecule has 0 aliphatic rings. The second-order valence-electron chi connectivity index (χ2n) is 4.58. The third-order valence-electron chi connectivity index (χ3n) is 3.42. The zero-order valence-corrected chi connectivity index (χ0v) is 11.7. The lowest BCUT2D eigenvalue weighted by Gasteiger charge is -2.17. The number of nitrogens with zero attached hydrogens (tertiary/aromatic N) is 2. The minimum atomic E-state index is 0.268. The Kier molecular flexibility index (Phi) is 3.44. The average molecular weight is 259 g/mol. The number of nitriles is 1. The third-order valence-corrected chi connectivity index (χ3v) is 4.32. The van der Waals surface area contributed by atoms with E-state index in [0.29, 0.717) is 11.4 Å². The zero-order valence-electron chi connectivity index (χ0n) is 10.9. The summed E-state index contributed by atoms with van der Waals surface area (Å²) in [4.78, 5) is 1.34. The first kappa shape index (κ1) is 12.7. The molecule has 18 heavy (non-hydrogen) atoms. The molecule has 2 rings (SSSR count). The monoisotopic (exact) mass is 259 g/mol. The molecule has 3 nitrogen and oxygen atoms in total. The van der Waals surface area contributed by atoms with Crippen LogP contribution in [0.1, 0.15) is 34.7 Å². The zero-order chi connectivity index (χ0) is 13.3. The largest absolute Gasteiger partial charge is 0.384 e. The van der Waals surface area contributed by atoms with Gasteiger partial charge in [0.15, 0.2) is 0 Å². The fourth-order valence-electron chi connectivity index (χ4n) is 2.38. The summed E-state index contributed by atoms with van der Waals surface area (Å²) in [6.45, 7) is 6.12. The van der Waals surface area contributed by atoms with Gasteiger partial charge in [-0.3, -0.25) is 0 Å². The predicted molar refractivity (Wildman–Crippen MR) is 75.8 cm³/mol. The number of aromatic nitrogens is 1. The molecule has 0 spiro atoms. The number of hydrogen-bond donors (Lipinski definition) is 1. The summed E-state index contributed by atoms with van der Waals surface area (Å²) in [6, 6.07) is 6.66. The molecular formula is C14H17N3S.